The van der Waals surface area contributed by atoms with Crippen LogP contribution in [0.5, 0.6) is 0 Å². The minimum atomic E-state index is 0.0256. The van der Waals surface area contributed by atoms with Gasteiger partial charge in [0.25, 0.3) is 0 Å². The van der Waals surface area contributed by atoms with E-state index in [1.54, 1.807) is 5.57 Å². The van der Waals surface area contributed by atoms with Crippen LogP contribution >= 0.6 is 0 Å². The lowest BCUT2D eigenvalue weighted by atomic mass is 9.47. The molecule has 0 aromatic rings. The molecule has 34 heavy (non-hydrogen) atoms. The molecule has 0 spiro atoms. The third-order valence-corrected chi connectivity index (χ3v) is 11.3. The van der Waals surface area contributed by atoms with Crippen molar-refractivity contribution in [1.29, 1.82) is 0 Å². The van der Waals surface area contributed by atoms with E-state index in [0.29, 0.717) is 17.3 Å². The second-order valence-electron chi connectivity index (χ2n) is 13.7. The summed E-state index contributed by atoms with van der Waals surface area (Å²) in [5, 5.41) is 0. The molecule has 0 unspecified atom stereocenters. The second-order valence-corrected chi connectivity index (χ2v) is 13.7. The molecule has 0 radical (unpaired) electrons. The Labute approximate surface area is 211 Å². The van der Waals surface area contributed by atoms with Gasteiger partial charge in [0.15, 0.2) is 0 Å². The Hall–Kier alpha value is -0.790. The molecule has 0 aromatic carbocycles. The molecule has 4 aliphatic rings. The highest BCUT2D eigenvalue weighted by atomic mass is 16.5. The van der Waals surface area contributed by atoms with Gasteiger partial charge in [0.05, 0.1) is 0 Å². The van der Waals surface area contributed by atoms with Crippen molar-refractivity contribution in [1.82, 2.24) is 0 Å². The quantitative estimate of drug-likeness (QED) is 0.248. The third-order valence-electron chi connectivity index (χ3n) is 11.3. The number of rotatable bonds is 9. The van der Waals surface area contributed by atoms with Crippen LogP contribution in [0.1, 0.15) is 131 Å². The first-order valence-electron chi connectivity index (χ1n) is 15.1. The molecular formula is C32H54O2. The Kier molecular flexibility index (Phi) is 8.25. The van der Waals surface area contributed by atoms with E-state index in [-0.39, 0.29) is 12.1 Å². The van der Waals surface area contributed by atoms with Crippen molar-refractivity contribution in [2.75, 3.05) is 0 Å². The summed E-state index contributed by atoms with van der Waals surface area (Å²) in [5.74, 6) is 5.32. The van der Waals surface area contributed by atoms with E-state index in [1.165, 1.54) is 57.8 Å². The van der Waals surface area contributed by atoms with Crippen molar-refractivity contribution in [2.24, 2.45) is 46.3 Å². The first kappa shape index (κ1) is 26.3. The zero-order valence-electron chi connectivity index (χ0n) is 23.3. The highest BCUT2D eigenvalue weighted by Gasteiger charge is 2.59. The topological polar surface area (TPSA) is 26.3 Å². The summed E-state index contributed by atoms with van der Waals surface area (Å²) in [4.78, 5) is 12.2. The maximum Gasteiger partial charge on any atom is 0.306 e. The van der Waals surface area contributed by atoms with Crippen molar-refractivity contribution >= 4 is 5.97 Å². The number of ether oxygens (including phenoxy) is 1. The van der Waals surface area contributed by atoms with Gasteiger partial charge in [-0.25, -0.2) is 0 Å². The smallest absolute Gasteiger partial charge is 0.306 e. The van der Waals surface area contributed by atoms with Gasteiger partial charge in [0.2, 0.25) is 0 Å². The molecule has 2 nitrogen and oxygen atoms in total. The normalized spacial score (nSPS) is 40.2. The van der Waals surface area contributed by atoms with Crippen molar-refractivity contribution in [2.45, 2.75) is 138 Å². The number of esters is 1. The van der Waals surface area contributed by atoms with E-state index in [4.69, 9.17) is 4.74 Å². The fourth-order valence-corrected chi connectivity index (χ4v) is 9.32. The number of hydrogen-bond donors (Lipinski definition) is 0. The molecular weight excluding hydrogens is 416 g/mol. The van der Waals surface area contributed by atoms with E-state index in [1.807, 2.05) is 0 Å². The largest absolute Gasteiger partial charge is 0.462 e. The summed E-state index contributed by atoms with van der Waals surface area (Å²) in [6, 6.07) is 0. The van der Waals surface area contributed by atoms with Crippen molar-refractivity contribution < 1.29 is 9.53 Å². The summed E-state index contributed by atoms with van der Waals surface area (Å²) in [6.07, 6.45) is 19.9. The Morgan fingerprint density at radius 2 is 1.82 bits per heavy atom. The maximum absolute atomic E-state index is 12.2. The van der Waals surface area contributed by atoms with Gasteiger partial charge in [0, 0.05) is 12.8 Å². The van der Waals surface area contributed by atoms with Gasteiger partial charge in [-0.2, -0.15) is 0 Å². The van der Waals surface area contributed by atoms with Gasteiger partial charge >= 0.3 is 5.97 Å². The molecule has 0 amide bonds. The van der Waals surface area contributed by atoms with Gasteiger partial charge in [-0.15, -0.1) is 0 Å². The Bertz CT molecular complexity index is 737. The molecule has 2 heteroatoms. The maximum atomic E-state index is 12.2. The summed E-state index contributed by atoms with van der Waals surface area (Å²) < 4.78 is 5.92. The van der Waals surface area contributed by atoms with Crippen LogP contribution in [0.25, 0.3) is 0 Å². The second kappa shape index (κ2) is 10.7. The lowest BCUT2D eigenvalue weighted by molar-refractivity contribution is -0.151. The van der Waals surface area contributed by atoms with Crippen molar-refractivity contribution in [3.05, 3.63) is 11.6 Å². The third kappa shape index (κ3) is 5.04. The number of allylic oxidation sites excluding steroid dienone is 1. The van der Waals surface area contributed by atoms with Gasteiger partial charge in [-0.3, -0.25) is 4.79 Å². The van der Waals surface area contributed by atoms with Crippen molar-refractivity contribution in [3.8, 4) is 0 Å². The van der Waals surface area contributed by atoms with E-state index in [9.17, 15) is 4.79 Å². The SMILES string of the molecule is CCCCC(=O)O[C@@H]1CC[C@@]2(C)C(=CC[C@H]3[C@H]4CC[C@H]([C@H](C)CCCC(C)C)[C@@]4(C)CC[C@H]32)C1. The van der Waals surface area contributed by atoms with Crippen LogP contribution in [0.4, 0.5) is 0 Å². The minimum Gasteiger partial charge on any atom is -0.462 e. The summed E-state index contributed by atoms with van der Waals surface area (Å²) in [5.41, 5.74) is 2.54. The molecule has 4 rings (SSSR count). The molecule has 0 heterocycles. The summed E-state index contributed by atoms with van der Waals surface area (Å²) >= 11 is 0. The highest BCUT2D eigenvalue weighted by molar-refractivity contribution is 5.69. The molecule has 0 aliphatic heterocycles. The van der Waals surface area contributed by atoms with Crippen LogP contribution in [0, 0.1) is 46.3 Å². The van der Waals surface area contributed by atoms with Crippen LogP contribution in [0.2, 0.25) is 0 Å². The van der Waals surface area contributed by atoms with E-state index >= 15 is 0 Å². The van der Waals surface area contributed by atoms with Gasteiger partial charge in [-0.1, -0.05) is 78.9 Å². The molecule has 0 bridgehead atoms. The van der Waals surface area contributed by atoms with E-state index < -0.39 is 0 Å². The molecule has 0 N–H and O–H groups in total. The van der Waals surface area contributed by atoms with Gasteiger partial charge < -0.3 is 4.74 Å². The van der Waals surface area contributed by atoms with Crippen LogP contribution in [0.3, 0.4) is 0 Å². The first-order valence-corrected chi connectivity index (χ1v) is 15.1. The number of hydrogen-bond acceptors (Lipinski definition) is 2. The Morgan fingerprint density at radius 3 is 2.56 bits per heavy atom. The predicted octanol–water partition coefficient (Wildman–Crippen LogP) is 9.13. The summed E-state index contributed by atoms with van der Waals surface area (Å²) in [7, 11) is 0. The van der Waals surface area contributed by atoms with E-state index in [2.05, 4.69) is 47.6 Å². The monoisotopic (exact) mass is 470 g/mol. The van der Waals surface area contributed by atoms with Crippen molar-refractivity contribution in [3.63, 3.8) is 0 Å². The van der Waals surface area contributed by atoms with Crippen LogP contribution in [-0.2, 0) is 9.53 Å². The fraction of sp³-hybridized carbons (Fsp3) is 0.906. The molecule has 8 atom stereocenters. The molecule has 4 aliphatic carbocycles. The zero-order chi connectivity index (χ0) is 24.5. The molecule has 3 fully saturated rings. The minimum absolute atomic E-state index is 0.0256. The Morgan fingerprint density at radius 1 is 1.03 bits per heavy atom. The first-order chi connectivity index (χ1) is 16.2. The highest BCUT2D eigenvalue weighted by Crippen LogP contribution is 2.67. The zero-order valence-corrected chi connectivity index (χ0v) is 23.3. The number of carbonyl (C=O) groups excluding carboxylic acids is 1. The number of carbonyl (C=O) groups is 1. The number of unbranched alkanes of at least 4 members (excludes halogenated alkanes) is 1. The van der Waals surface area contributed by atoms with E-state index in [0.717, 1.165) is 61.2 Å². The standard InChI is InChI=1S/C32H54O2/c1-7-8-12-30(33)34-25-17-19-31(5)24(21-25)13-14-26-28-16-15-27(23(4)11-9-10-22(2)3)32(28,6)20-18-29(26)31/h13,22-23,25-29H,7-12,14-21H2,1-6H3/t23-,25-,26+,27-,28-,29-,31+,32-/m1/s1. The molecule has 0 saturated heterocycles. The van der Waals surface area contributed by atoms with Crippen LogP contribution < -0.4 is 0 Å². The molecule has 0 aromatic heterocycles. The fourth-order valence-electron chi connectivity index (χ4n) is 9.32. The Balaban J connectivity index is 1.41. The van der Waals surface area contributed by atoms with Gasteiger partial charge in [-0.05, 0) is 97.7 Å². The van der Waals surface area contributed by atoms with Crippen LogP contribution in [0.15, 0.2) is 11.6 Å². The average molecular weight is 471 g/mol. The lowest BCUT2D eigenvalue weighted by Gasteiger charge is -2.58. The molecule has 3 saturated carbocycles. The number of fused-ring (bicyclic) bond motifs is 5. The summed E-state index contributed by atoms with van der Waals surface area (Å²) in [6.45, 7) is 14.7. The van der Waals surface area contributed by atoms with Gasteiger partial charge in [0.1, 0.15) is 6.10 Å². The average Bonchev–Trinajstić information content (AvgIpc) is 3.15. The van der Waals surface area contributed by atoms with Crippen LogP contribution in [-0.4, -0.2) is 12.1 Å². The molecule has 194 valence electrons. The predicted molar refractivity (Wildman–Crippen MR) is 142 cm³/mol. The lowest BCUT2D eigenvalue weighted by Crippen LogP contribution is -2.51.